The predicted octanol–water partition coefficient (Wildman–Crippen LogP) is 0.0883. The Morgan fingerprint density at radius 1 is 1.25 bits per heavy atom. The monoisotopic (exact) mass is 168 g/mol. The highest BCUT2D eigenvalue weighted by molar-refractivity contribution is 5.27. The van der Waals surface area contributed by atoms with Gasteiger partial charge in [0.05, 0.1) is 0 Å². The lowest BCUT2D eigenvalue weighted by Crippen LogP contribution is -2.30. The Kier molecular flexibility index (Phi) is 1.85. The highest BCUT2D eigenvalue weighted by Gasteiger charge is 2.12. The summed E-state index contributed by atoms with van der Waals surface area (Å²) in [4.78, 5) is 15.5. The first kappa shape index (κ1) is 7.39. The largest absolute Gasteiger partial charge is 0.342 e. The number of aromatic amines is 2. The summed E-state index contributed by atoms with van der Waals surface area (Å²) in [6.07, 6.45) is 3.66. The lowest BCUT2D eigenvalue weighted by molar-refractivity contribution is 0.569. The SMILES string of the molecule is O=c1[nH]nc(N2CCCCC2)[nH]1. The molecule has 12 heavy (non-hydrogen) atoms. The minimum Gasteiger partial charge on any atom is -0.341 e. The zero-order valence-electron chi connectivity index (χ0n) is 6.84. The molecular weight excluding hydrogens is 156 g/mol. The zero-order valence-corrected chi connectivity index (χ0v) is 6.84. The molecule has 0 bridgehead atoms. The van der Waals surface area contributed by atoms with Crippen molar-refractivity contribution in [2.45, 2.75) is 19.3 Å². The van der Waals surface area contributed by atoms with E-state index in [0.29, 0.717) is 5.95 Å². The predicted molar refractivity (Wildman–Crippen MR) is 45.3 cm³/mol. The molecule has 0 atom stereocenters. The summed E-state index contributed by atoms with van der Waals surface area (Å²) in [7, 11) is 0. The molecule has 1 aliphatic heterocycles. The molecule has 2 N–H and O–H groups in total. The molecule has 0 aromatic carbocycles. The van der Waals surface area contributed by atoms with Gasteiger partial charge in [-0.1, -0.05) is 0 Å². The molecule has 1 aromatic heterocycles. The Balaban J connectivity index is 2.13. The van der Waals surface area contributed by atoms with Crippen LogP contribution in [0.4, 0.5) is 5.95 Å². The second-order valence-electron chi connectivity index (χ2n) is 3.05. The Morgan fingerprint density at radius 3 is 2.58 bits per heavy atom. The molecule has 0 spiro atoms. The van der Waals surface area contributed by atoms with E-state index >= 15 is 0 Å². The summed E-state index contributed by atoms with van der Waals surface area (Å²) >= 11 is 0. The van der Waals surface area contributed by atoms with Crippen LogP contribution in [-0.2, 0) is 0 Å². The van der Waals surface area contributed by atoms with Crippen molar-refractivity contribution < 1.29 is 0 Å². The molecule has 5 heteroatoms. The molecule has 2 heterocycles. The van der Waals surface area contributed by atoms with Crippen LogP contribution in [0, 0.1) is 0 Å². The van der Waals surface area contributed by atoms with E-state index in [0.717, 1.165) is 13.1 Å². The first-order valence-corrected chi connectivity index (χ1v) is 4.26. The summed E-state index contributed by atoms with van der Waals surface area (Å²) in [5.74, 6) is 0.680. The van der Waals surface area contributed by atoms with Crippen molar-refractivity contribution in [3.63, 3.8) is 0 Å². The van der Waals surface area contributed by atoms with Crippen LogP contribution >= 0.6 is 0 Å². The van der Waals surface area contributed by atoms with Crippen LogP contribution in [0.5, 0.6) is 0 Å². The summed E-state index contributed by atoms with van der Waals surface area (Å²) < 4.78 is 0. The van der Waals surface area contributed by atoms with E-state index in [1.807, 2.05) is 0 Å². The van der Waals surface area contributed by atoms with Gasteiger partial charge in [-0.3, -0.25) is 4.98 Å². The summed E-state index contributed by atoms with van der Waals surface area (Å²) in [6, 6.07) is 0. The molecule has 2 rings (SSSR count). The Hall–Kier alpha value is -1.26. The van der Waals surface area contributed by atoms with Crippen molar-refractivity contribution in [3.8, 4) is 0 Å². The first-order valence-electron chi connectivity index (χ1n) is 4.26. The van der Waals surface area contributed by atoms with Crippen LogP contribution in [0.1, 0.15) is 19.3 Å². The highest BCUT2D eigenvalue weighted by atomic mass is 16.1. The molecule has 0 saturated carbocycles. The number of nitrogens with zero attached hydrogens (tertiary/aromatic N) is 2. The lowest BCUT2D eigenvalue weighted by atomic mass is 10.1. The fourth-order valence-electron chi connectivity index (χ4n) is 1.52. The number of hydrogen-bond donors (Lipinski definition) is 2. The highest BCUT2D eigenvalue weighted by Crippen LogP contribution is 2.12. The third-order valence-electron chi connectivity index (χ3n) is 2.14. The summed E-state index contributed by atoms with van der Waals surface area (Å²) in [6.45, 7) is 2.00. The van der Waals surface area contributed by atoms with E-state index in [2.05, 4.69) is 20.1 Å². The topological polar surface area (TPSA) is 64.8 Å². The van der Waals surface area contributed by atoms with Gasteiger partial charge in [-0.05, 0) is 19.3 Å². The maximum atomic E-state index is 10.7. The van der Waals surface area contributed by atoms with Crippen LogP contribution in [-0.4, -0.2) is 28.3 Å². The van der Waals surface area contributed by atoms with Crippen molar-refractivity contribution in [3.05, 3.63) is 10.5 Å². The number of rotatable bonds is 1. The number of piperidine rings is 1. The second kappa shape index (κ2) is 3.00. The number of nitrogens with one attached hydrogen (secondary N) is 2. The van der Waals surface area contributed by atoms with E-state index in [-0.39, 0.29) is 5.69 Å². The Labute approximate surface area is 69.8 Å². The van der Waals surface area contributed by atoms with Gasteiger partial charge in [0, 0.05) is 13.1 Å². The average molecular weight is 168 g/mol. The molecule has 0 radical (unpaired) electrons. The first-order chi connectivity index (χ1) is 5.86. The number of H-pyrrole nitrogens is 2. The van der Waals surface area contributed by atoms with Gasteiger partial charge in [-0.15, -0.1) is 5.10 Å². The van der Waals surface area contributed by atoms with Gasteiger partial charge in [0.2, 0.25) is 5.95 Å². The van der Waals surface area contributed by atoms with E-state index in [4.69, 9.17) is 0 Å². The van der Waals surface area contributed by atoms with Gasteiger partial charge >= 0.3 is 5.69 Å². The molecule has 1 aliphatic rings. The van der Waals surface area contributed by atoms with Crippen molar-refractivity contribution in [1.29, 1.82) is 0 Å². The molecule has 66 valence electrons. The normalized spacial score (nSPS) is 18.2. The minimum atomic E-state index is -0.226. The Morgan fingerprint density at radius 2 is 2.00 bits per heavy atom. The van der Waals surface area contributed by atoms with Gasteiger partial charge in [-0.25, -0.2) is 9.89 Å². The Bertz CT molecular complexity index is 296. The fraction of sp³-hybridized carbons (Fsp3) is 0.714. The standard InChI is InChI=1S/C7H12N4O/c12-7-8-6(9-10-7)11-4-2-1-3-5-11/h1-5H2,(H2,8,9,10,12). The lowest BCUT2D eigenvalue weighted by Gasteiger charge is -2.25. The van der Waals surface area contributed by atoms with Gasteiger partial charge in [0.15, 0.2) is 0 Å². The van der Waals surface area contributed by atoms with Gasteiger partial charge in [0.1, 0.15) is 0 Å². The molecule has 0 unspecified atom stereocenters. The van der Waals surface area contributed by atoms with Crippen molar-refractivity contribution in [2.24, 2.45) is 0 Å². The van der Waals surface area contributed by atoms with Crippen LogP contribution in [0.2, 0.25) is 0 Å². The molecule has 1 aromatic rings. The molecule has 1 fully saturated rings. The van der Waals surface area contributed by atoms with Gasteiger partial charge < -0.3 is 4.90 Å². The van der Waals surface area contributed by atoms with Crippen LogP contribution in [0.15, 0.2) is 4.79 Å². The third kappa shape index (κ3) is 1.34. The molecule has 0 amide bonds. The van der Waals surface area contributed by atoms with Crippen molar-refractivity contribution >= 4 is 5.95 Å². The van der Waals surface area contributed by atoms with Crippen LogP contribution in [0.25, 0.3) is 0 Å². The smallest absolute Gasteiger partial charge is 0.341 e. The van der Waals surface area contributed by atoms with Crippen LogP contribution in [0.3, 0.4) is 0 Å². The number of hydrogen-bond acceptors (Lipinski definition) is 3. The van der Waals surface area contributed by atoms with Gasteiger partial charge in [0.25, 0.3) is 0 Å². The van der Waals surface area contributed by atoms with E-state index in [1.54, 1.807) is 0 Å². The van der Waals surface area contributed by atoms with Gasteiger partial charge in [-0.2, -0.15) is 0 Å². The van der Waals surface area contributed by atoms with Crippen molar-refractivity contribution in [1.82, 2.24) is 15.2 Å². The quantitative estimate of drug-likeness (QED) is 0.624. The second-order valence-corrected chi connectivity index (χ2v) is 3.05. The molecule has 5 nitrogen and oxygen atoms in total. The fourth-order valence-corrected chi connectivity index (χ4v) is 1.52. The minimum absolute atomic E-state index is 0.226. The summed E-state index contributed by atoms with van der Waals surface area (Å²) in [5, 5.41) is 6.24. The zero-order chi connectivity index (χ0) is 8.39. The van der Waals surface area contributed by atoms with E-state index in [9.17, 15) is 4.79 Å². The maximum absolute atomic E-state index is 10.7. The van der Waals surface area contributed by atoms with Crippen LogP contribution < -0.4 is 10.6 Å². The third-order valence-corrected chi connectivity index (χ3v) is 2.14. The maximum Gasteiger partial charge on any atom is 0.342 e. The van der Waals surface area contributed by atoms with E-state index < -0.39 is 0 Å². The number of anilines is 1. The molecular formula is C7H12N4O. The summed E-state index contributed by atoms with van der Waals surface area (Å²) in [5.41, 5.74) is -0.226. The van der Waals surface area contributed by atoms with Crippen molar-refractivity contribution in [2.75, 3.05) is 18.0 Å². The molecule has 0 aliphatic carbocycles. The molecule has 1 saturated heterocycles. The number of aromatic nitrogens is 3. The van der Waals surface area contributed by atoms with E-state index in [1.165, 1.54) is 19.3 Å². The average Bonchev–Trinajstić information content (AvgIpc) is 2.54.